The van der Waals surface area contributed by atoms with E-state index in [-0.39, 0.29) is 0 Å². The zero-order valence-corrected chi connectivity index (χ0v) is 10.7. The van der Waals surface area contributed by atoms with E-state index in [2.05, 4.69) is 14.9 Å². The van der Waals surface area contributed by atoms with Gasteiger partial charge in [0.15, 0.2) is 0 Å². The molecule has 96 valence electrons. The maximum absolute atomic E-state index is 5.57. The van der Waals surface area contributed by atoms with Crippen LogP contribution in [-0.2, 0) is 11.3 Å². The normalized spacial score (nSPS) is 15.4. The number of imidazole rings is 1. The fraction of sp³-hybridized carbons (Fsp3) is 0.769. The van der Waals surface area contributed by atoms with Crippen molar-refractivity contribution in [3.05, 3.63) is 18.2 Å². The Labute approximate surface area is 103 Å². The first kappa shape index (κ1) is 12.6. The van der Waals surface area contributed by atoms with Crippen molar-refractivity contribution in [2.24, 2.45) is 5.92 Å². The fourth-order valence-electron chi connectivity index (χ4n) is 1.80. The number of aryl methyl sites for hydroxylation is 1. The predicted octanol–water partition coefficient (Wildman–Crippen LogP) is 1.60. The first-order valence-corrected chi connectivity index (χ1v) is 6.62. The van der Waals surface area contributed by atoms with Gasteiger partial charge in [-0.25, -0.2) is 4.98 Å². The molecule has 4 nitrogen and oxygen atoms in total. The van der Waals surface area contributed by atoms with Crippen LogP contribution in [-0.4, -0.2) is 35.9 Å². The second-order valence-corrected chi connectivity index (χ2v) is 4.79. The van der Waals surface area contributed by atoms with Crippen molar-refractivity contribution in [3.8, 4) is 0 Å². The SMILES string of the molecule is Cc1nccn1CCNCCCOCC1CC1. The fourth-order valence-corrected chi connectivity index (χ4v) is 1.80. The summed E-state index contributed by atoms with van der Waals surface area (Å²) in [6.45, 7) is 6.94. The molecule has 17 heavy (non-hydrogen) atoms. The van der Waals surface area contributed by atoms with E-state index in [0.29, 0.717) is 0 Å². The van der Waals surface area contributed by atoms with E-state index in [1.54, 1.807) is 0 Å². The van der Waals surface area contributed by atoms with Crippen molar-refractivity contribution in [1.82, 2.24) is 14.9 Å². The molecule has 1 saturated carbocycles. The Bertz CT molecular complexity index is 320. The number of hydrogen-bond acceptors (Lipinski definition) is 3. The summed E-state index contributed by atoms with van der Waals surface area (Å²) >= 11 is 0. The highest BCUT2D eigenvalue weighted by molar-refractivity contribution is 4.88. The summed E-state index contributed by atoms with van der Waals surface area (Å²) in [6, 6.07) is 0. The van der Waals surface area contributed by atoms with Crippen LogP contribution in [0.5, 0.6) is 0 Å². The molecule has 1 N–H and O–H groups in total. The number of aromatic nitrogens is 2. The lowest BCUT2D eigenvalue weighted by Gasteiger charge is -2.07. The minimum atomic E-state index is 0.882. The molecule has 0 spiro atoms. The lowest BCUT2D eigenvalue weighted by atomic mass is 10.4. The van der Waals surface area contributed by atoms with Crippen LogP contribution in [0.2, 0.25) is 0 Å². The topological polar surface area (TPSA) is 39.1 Å². The first-order chi connectivity index (χ1) is 8.36. The van der Waals surface area contributed by atoms with E-state index < -0.39 is 0 Å². The van der Waals surface area contributed by atoms with Gasteiger partial charge in [0.1, 0.15) is 5.82 Å². The lowest BCUT2D eigenvalue weighted by molar-refractivity contribution is 0.122. The zero-order chi connectivity index (χ0) is 11.9. The van der Waals surface area contributed by atoms with Gasteiger partial charge in [0, 0.05) is 38.7 Å². The largest absolute Gasteiger partial charge is 0.381 e. The van der Waals surface area contributed by atoms with E-state index in [1.165, 1.54) is 12.8 Å². The standard InChI is InChI=1S/C13H23N3O/c1-12-15-7-9-16(12)8-6-14-5-2-10-17-11-13-3-4-13/h7,9,13-14H,2-6,8,10-11H2,1H3. The minimum Gasteiger partial charge on any atom is -0.381 e. The molecule has 0 aromatic carbocycles. The summed E-state index contributed by atoms with van der Waals surface area (Å²) in [6.07, 6.45) is 7.73. The quantitative estimate of drug-likeness (QED) is 0.663. The van der Waals surface area contributed by atoms with Gasteiger partial charge in [-0.15, -0.1) is 0 Å². The molecule has 4 heteroatoms. The molecule has 1 aromatic heterocycles. The number of nitrogens with zero attached hydrogens (tertiary/aromatic N) is 2. The van der Waals surface area contributed by atoms with E-state index in [9.17, 15) is 0 Å². The molecule has 1 aromatic rings. The maximum atomic E-state index is 5.57. The average molecular weight is 237 g/mol. The summed E-state index contributed by atoms with van der Waals surface area (Å²) in [5.74, 6) is 1.96. The Kier molecular flexibility index (Phi) is 5.01. The Hall–Kier alpha value is -0.870. The van der Waals surface area contributed by atoms with Crippen molar-refractivity contribution in [3.63, 3.8) is 0 Å². The van der Waals surface area contributed by atoms with Crippen molar-refractivity contribution in [1.29, 1.82) is 0 Å². The lowest BCUT2D eigenvalue weighted by Crippen LogP contribution is -2.22. The smallest absolute Gasteiger partial charge is 0.105 e. The average Bonchev–Trinajstić information content (AvgIpc) is 3.06. The van der Waals surface area contributed by atoms with Crippen LogP contribution in [0, 0.1) is 12.8 Å². The van der Waals surface area contributed by atoms with Crippen LogP contribution in [0.15, 0.2) is 12.4 Å². The molecular formula is C13H23N3O. The Morgan fingerprint density at radius 2 is 2.35 bits per heavy atom. The van der Waals surface area contributed by atoms with Gasteiger partial charge in [0.25, 0.3) is 0 Å². The summed E-state index contributed by atoms with van der Waals surface area (Å²) < 4.78 is 7.74. The summed E-state index contributed by atoms with van der Waals surface area (Å²) in [5, 5.41) is 3.43. The molecule has 1 aliphatic rings. The Morgan fingerprint density at radius 3 is 3.06 bits per heavy atom. The monoisotopic (exact) mass is 237 g/mol. The minimum absolute atomic E-state index is 0.882. The van der Waals surface area contributed by atoms with Crippen LogP contribution in [0.1, 0.15) is 25.1 Å². The summed E-state index contributed by atoms with van der Waals surface area (Å²) in [5.41, 5.74) is 0. The molecule has 1 heterocycles. The number of nitrogens with one attached hydrogen (secondary N) is 1. The summed E-state index contributed by atoms with van der Waals surface area (Å²) in [4.78, 5) is 4.19. The van der Waals surface area contributed by atoms with Gasteiger partial charge < -0.3 is 14.6 Å². The molecule has 2 rings (SSSR count). The molecular weight excluding hydrogens is 214 g/mol. The molecule has 0 saturated heterocycles. The summed E-state index contributed by atoms with van der Waals surface area (Å²) in [7, 11) is 0. The van der Waals surface area contributed by atoms with Gasteiger partial charge in [-0.2, -0.15) is 0 Å². The molecule has 0 aliphatic heterocycles. The van der Waals surface area contributed by atoms with Crippen molar-refractivity contribution >= 4 is 0 Å². The van der Waals surface area contributed by atoms with Gasteiger partial charge in [-0.1, -0.05) is 0 Å². The van der Waals surface area contributed by atoms with Gasteiger partial charge in [-0.05, 0) is 38.6 Å². The molecule has 1 fully saturated rings. The third-order valence-electron chi connectivity index (χ3n) is 3.15. The second-order valence-electron chi connectivity index (χ2n) is 4.79. The van der Waals surface area contributed by atoms with Crippen molar-refractivity contribution in [2.45, 2.75) is 32.7 Å². The first-order valence-electron chi connectivity index (χ1n) is 6.62. The van der Waals surface area contributed by atoms with E-state index in [4.69, 9.17) is 4.74 Å². The highest BCUT2D eigenvalue weighted by Gasteiger charge is 2.20. The second kappa shape index (κ2) is 6.77. The van der Waals surface area contributed by atoms with Crippen molar-refractivity contribution in [2.75, 3.05) is 26.3 Å². The molecule has 1 aliphatic carbocycles. The van der Waals surface area contributed by atoms with Crippen LogP contribution < -0.4 is 5.32 Å². The van der Waals surface area contributed by atoms with Crippen molar-refractivity contribution < 1.29 is 4.74 Å². The third-order valence-corrected chi connectivity index (χ3v) is 3.15. The highest BCUT2D eigenvalue weighted by Crippen LogP contribution is 2.28. The van der Waals surface area contributed by atoms with E-state index in [1.807, 2.05) is 19.3 Å². The number of hydrogen-bond donors (Lipinski definition) is 1. The molecule has 0 bridgehead atoms. The molecule has 0 radical (unpaired) electrons. The van der Waals surface area contributed by atoms with Gasteiger partial charge in [0.05, 0.1) is 0 Å². The van der Waals surface area contributed by atoms with E-state index >= 15 is 0 Å². The third kappa shape index (κ3) is 4.88. The zero-order valence-electron chi connectivity index (χ0n) is 10.7. The van der Waals surface area contributed by atoms with Gasteiger partial charge in [-0.3, -0.25) is 0 Å². The Morgan fingerprint density at radius 1 is 1.47 bits per heavy atom. The van der Waals surface area contributed by atoms with Crippen LogP contribution >= 0.6 is 0 Å². The molecule has 0 atom stereocenters. The molecule has 0 unspecified atom stereocenters. The van der Waals surface area contributed by atoms with Gasteiger partial charge >= 0.3 is 0 Å². The Balaban J connectivity index is 1.39. The maximum Gasteiger partial charge on any atom is 0.105 e. The van der Waals surface area contributed by atoms with Crippen LogP contribution in [0.3, 0.4) is 0 Å². The van der Waals surface area contributed by atoms with Crippen LogP contribution in [0.25, 0.3) is 0 Å². The highest BCUT2D eigenvalue weighted by atomic mass is 16.5. The molecule has 0 amide bonds. The van der Waals surface area contributed by atoms with Gasteiger partial charge in [0.2, 0.25) is 0 Å². The number of ether oxygens (including phenoxy) is 1. The number of rotatable bonds is 9. The predicted molar refractivity (Wildman–Crippen MR) is 68.0 cm³/mol. The van der Waals surface area contributed by atoms with E-state index in [0.717, 1.165) is 51.0 Å². The van der Waals surface area contributed by atoms with Crippen LogP contribution in [0.4, 0.5) is 0 Å².